The molecule has 5 heteroatoms. The summed E-state index contributed by atoms with van der Waals surface area (Å²) >= 11 is 0. The minimum atomic E-state index is -3.97. The Morgan fingerprint density at radius 3 is 2.36 bits per heavy atom. The summed E-state index contributed by atoms with van der Waals surface area (Å²) in [6.07, 6.45) is 2.61. The largest absolute Gasteiger partial charge is 0.329 e. The first kappa shape index (κ1) is 11.1. The Balaban J connectivity index is 2.61. The first-order chi connectivity index (χ1) is 6.47. The number of allylic oxidation sites excluding steroid dienone is 1. The Morgan fingerprint density at radius 1 is 1.29 bits per heavy atom. The van der Waals surface area contributed by atoms with E-state index in [4.69, 9.17) is 9.79 Å². The molecule has 1 aromatic rings. The zero-order valence-electron chi connectivity index (χ0n) is 7.30. The molecule has 0 saturated carbocycles. The Kier molecular flexibility index (Phi) is 3.58. The van der Waals surface area contributed by atoms with Gasteiger partial charge >= 0.3 is 7.60 Å². The standard InChI is InChI=1S/C9H10FO3P/c10-9-5-3-8(4-6-9)2-1-7-14(11,12)13/h1-6H,7H2,(H2,11,12,13)/b2-1+. The number of halogens is 1. The molecule has 0 amide bonds. The molecule has 0 radical (unpaired) electrons. The summed E-state index contributed by atoms with van der Waals surface area (Å²) in [6, 6.07) is 5.64. The molecule has 1 rings (SSSR count). The molecule has 76 valence electrons. The Hall–Kier alpha value is -0.960. The molecular formula is C9H10FO3P. The maximum absolute atomic E-state index is 12.4. The van der Waals surface area contributed by atoms with Gasteiger partial charge in [-0.05, 0) is 17.7 Å². The fourth-order valence-corrected chi connectivity index (χ4v) is 1.28. The summed E-state index contributed by atoms with van der Waals surface area (Å²) in [5.41, 5.74) is 0.708. The van der Waals surface area contributed by atoms with Crippen LogP contribution in [0.1, 0.15) is 5.56 Å². The van der Waals surface area contributed by atoms with Crippen LogP contribution in [0.5, 0.6) is 0 Å². The van der Waals surface area contributed by atoms with Crippen molar-refractivity contribution in [3.63, 3.8) is 0 Å². The highest BCUT2D eigenvalue weighted by molar-refractivity contribution is 7.51. The van der Waals surface area contributed by atoms with E-state index >= 15 is 0 Å². The number of hydrogen-bond donors (Lipinski definition) is 2. The molecular weight excluding hydrogens is 206 g/mol. The van der Waals surface area contributed by atoms with Crippen LogP contribution in [0.15, 0.2) is 30.3 Å². The van der Waals surface area contributed by atoms with Gasteiger partial charge in [0.05, 0.1) is 6.16 Å². The molecule has 0 heterocycles. The van der Waals surface area contributed by atoms with Gasteiger partial charge in [-0.2, -0.15) is 0 Å². The second-order valence-corrected chi connectivity index (χ2v) is 4.50. The highest BCUT2D eigenvalue weighted by Gasteiger charge is 2.08. The average Bonchev–Trinajstić information content (AvgIpc) is 2.06. The first-order valence-electron chi connectivity index (χ1n) is 3.94. The van der Waals surface area contributed by atoms with Crippen molar-refractivity contribution in [2.24, 2.45) is 0 Å². The van der Waals surface area contributed by atoms with Crippen LogP contribution in [-0.4, -0.2) is 15.9 Å². The molecule has 0 spiro atoms. The third-order valence-electron chi connectivity index (χ3n) is 1.52. The zero-order chi connectivity index (χ0) is 10.6. The van der Waals surface area contributed by atoms with Gasteiger partial charge in [0, 0.05) is 0 Å². The Morgan fingerprint density at radius 2 is 1.86 bits per heavy atom. The first-order valence-corrected chi connectivity index (χ1v) is 5.74. The van der Waals surface area contributed by atoms with Gasteiger partial charge in [0.25, 0.3) is 0 Å². The summed E-state index contributed by atoms with van der Waals surface area (Å²) in [6.45, 7) is 0. The molecule has 1 aromatic carbocycles. The predicted octanol–water partition coefficient (Wildman–Crippen LogP) is 2.02. The van der Waals surface area contributed by atoms with Crippen LogP contribution < -0.4 is 0 Å². The molecule has 14 heavy (non-hydrogen) atoms. The van der Waals surface area contributed by atoms with E-state index in [1.165, 1.54) is 30.3 Å². The minimum absolute atomic E-state index is 0.301. The van der Waals surface area contributed by atoms with Crippen LogP contribution in [0, 0.1) is 5.82 Å². The number of rotatable bonds is 3. The van der Waals surface area contributed by atoms with Crippen molar-refractivity contribution in [1.29, 1.82) is 0 Å². The van der Waals surface area contributed by atoms with E-state index < -0.39 is 7.60 Å². The summed E-state index contributed by atoms with van der Waals surface area (Å²) in [5, 5.41) is 0. The summed E-state index contributed by atoms with van der Waals surface area (Å²) in [5.74, 6) is -0.336. The summed E-state index contributed by atoms with van der Waals surface area (Å²) in [7, 11) is -3.97. The summed E-state index contributed by atoms with van der Waals surface area (Å²) < 4.78 is 22.9. The van der Waals surface area contributed by atoms with Gasteiger partial charge in [0.2, 0.25) is 0 Å². The minimum Gasteiger partial charge on any atom is -0.324 e. The Labute approximate surface area is 81.1 Å². The second kappa shape index (κ2) is 4.51. The van der Waals surface area contributed by atoms with Gasteiger partial charge in [0.1, 0.15) is 5.82 Å². The molecule has 0 aromatic heterocycles. The third kappa shape index (κ3) is 4.33. The van der Waals surface area contributed by atoms with E-state index in [2.05, 4.69) is 0 Å². The lowest BCUT2D eigenvalue weighted by atomic mass is 10.2. The Bertz CT molecular complexity index is 366. The van der Waals surface area contributed by atoms with E-state index in [9.17, 15) is 8.96 Å². The fraction of sp³-hybridized carbons (Fsp3) is 0.111. The van der Waals surface area contributed by atoms with Gasteiger partial charge in [-0.1, -0.05) is 24.3 Å². The molecule has 3 nitrogen and oxygen atoms in total. The topological polar surface area (TPSA) is 57.5 Å². The van der Waals surface area contributed by atoms with Crippen LogP contribution >= 0.6 is 7.60 Å². The van der Waals surface area contributed by atoms with Crippen molar-refractivity contribution in [3.05, 3.63) is 41.7 Å². The maximum atomic E-state index is 12.4. The van der Waals surface area contributed by atoms with E-state index in [1.54, 1.807) is 6.08 Å². The molecule has 0 fully saturated rings. The van der Waals surface area contributed by atoms with Crippen molar-refractivity contribution in [3.8, 4) is 0 Å². The quantitative estimate of drug-likeness (QED) is 0.760. The van der Waals surface area contributed by atoms with E-state index in [-0.39, 0.29) is 12.0 Å². The molecule has 0 aliphatic heterocycles. The summed E-state index contributed by atoms with van der Waals surface area (Å²) in [4.78, 5) is 17.1. The van der Waals surface area contributed by atoms with Crippen molar-refractivity contribution in [1.82, 2.24) is 0 Å². The van der Waals surface area contributed by atoms with Crippen molar-refractivity contribution >= 4 is 13.7 Å². The SMILES string of the molecule is O=P(O)(O)C/C=C/c1ccc(F)cc1. The van der Waals surface area contributed by atoms with Gasteiger partial charge in [-0.15, -0.1) is 0 Å². The van der Waals surface area contributed by atoms with Crippen molar-refractivity contribution in [2.75, 3.05) is 6.16 Å². The predicted molar refractivity (Wildman–Crippen MR) is 52.3 cm³/mol. The highest BCUT2D eigenvalue weighted by atomic mass is 31.2. The van der Waals surface area contributed by atoms with Crippen LogP contribution in [0.4, 0.5) is 4.39 Å². The van der Waals surface area contributed by atoms with Crippen LogP contribution in [0.2, 0.25) is 0 Å². The van der Waals surface area contributed by atoms with Gasteiger partial charge in [0.15, 0.2) is 0 Å². The second-order valence-electron chi connectivity index (χ2n) is 2.80. The fourth-order valence-electron chi connectivity index (χ4n) is 0.900. The van der Waals surface area contributed by atoms with Crippen LogP contribution in [0.25, 0.3) is 6.08 Å². The average molecular weight is 216 g/mol. The van der Waals surface area contributed by atoms with Gasteiger partial charge < -0.3 is 9.79 Å². The molecule has 0 atom stereocenters. The molecule has 2 N–H and O–H groups in total. The number of hydrogen-bond acceptors (Lipinski definition) is 1. The van der Waals surface area contributed by atoms with Crippen molar-refractivity contribution < 1.29 is 18.7 Å². The van der Waals surface area contributed by atoms with Gasteiger partial charge in [-0.25, -0.2) is 4.39 Å². The molecule has 0 bridgehead atoms. The van der Waals surface area contributed by atoms with Gasteiger partial charge in [-0.3, -0.25) is 4.57 Å². The lowest BCUT2D eigenvalue weighted by Crippen LogP contribution is -1.81. The van der Waals surface area contributed by atoms with E-state index in [0.717, 1.165) is 0 Å². The van der Waals surface area contributed by atoms with E-state index in [0.29, 0.717) is 5.56 Å². The molecule has 0 unspecified atom stereocenters. The molecule has 0 aliphatic carbocycles. The van der Waals surface area contributed by atoms with Crippen LogP contribution in [-0.2, 0) is 4.57 Å². The molecule has 0 saturated heterocycles. The molecule has 0 aliphatic rings. The van der Waals surface area contributed by atoms with Crippen molar-refractivity contribution in [2.45, 2.75) is 0 Å². The van der Waals surface area contributed by atoms with E-state index in [1.807, 2.05) is 0 Å². The zero-order valence-corrected chi connectivity index (χ0v) is 8.19. The smallest absolute Gasteiger partial charge is 0.324 e. The van der Waals surface area contributed by atoms with Crippen LogP contribution in [0.3, 0.4) is 0 Å². The maximum Gasteiger partial charge on any atom is 0.329 e. The highest BCUT2D eigenvalue weighted by Crippen LogP contribution is 2.34. The monoisotopic (exact) mass is 216 g/mol. The lowest BCUT2D eigenvalue weighted by Gasteiger charge is -1.97. The normalized spacial score (nSPS) is 12.2. The lowest BCUT2D eigenvalue weighted by molar-refractivity contribution is 0.377. The third-order valence-corrected chi connectivity index (χ3v) is 2.21. The number of benzene rings is 1.